The molecule has 1 amide bonds. The number of ether oxygens (including phenoxy) is 1. The predicted molar refractivity (Wildman–Crippen MR) is 106 cm³/mol. The molecule has 1 heterocycles. The Balaban J connectivity index is 1.82. The lowest BCUT2D eigenvalue weighted by Crippen LogP contribution is -2.38. The zero-order chi connectivity index (χ0) is 18.5. The topological polar surface area (TPSA) is 38.3 Å². The van der Waals surface area contributed by atoms with Gasteiger partial charge in [0.25, 0.3) is 0 Å². The molecule has 1 aliphatic heterocycles. The van der Waals surface area contributed by atoms with Gasteiger partial charge in [0.1, 0.15) is 5.60 Å². The van der Waals surface area contributed by atoms with Gasteiger partial charge in [-0.15, -0.1) is 0 Å². The van der Waals surface area contributed by atoms with Crippen molar-refractivity contribution in [2.24, 2.45) is 0 Å². The molecule has 3 nitrogen and oxygen atoms in total. The lowest BCUT2D eigenvalue weighted by Gasteiger charge is -2.36. The molecule has 136 valence electrons. The molecule has 1 unspecified atom stereocenters. The van der Waals surface area contributed by atoms with Crippen molar-refractivity contribution in [3.8, 4) is 0 Å². The molecule has 0 saturated carbocycles. The van der Waals surface area contributed by atoms with Gasteiger partial charge in [0.2, 0.25) is 5.91 Å². The highest BCUT2D eigenvalue weighted by molar-refractivity contribution is 5.78. The van der Waals surface area contributed by atoms with Crippen LogP contribution in [0.1, 0.15) is 29.5 Å². The Bertz CT molecular complexity index is 781. The highest BCUT2D eigenvalue weighted by atomic mass is 16.5. The summed E-state index contributed by atoms with van der Waals surface area (Å²) in [6, 6.07) is 31.0. The van der Waals surface area contributed by atoms with E-state index in [1.165, 1.54) is 0 Å². The quantitative estimate of drug-likeness (QED) is 0.669. The standard InChI is InChI=1S/C24H23NO2/c26-23-17-16-22(25-23)18-27-24(19-10-4-1-5-11-19,20-12-6-2-7-13-20)21-14-8-3-9-15-21/h1-15,22H,16-18H2,(H,25,26). The average Bonchev–Trinajstić information content (AvgIpc) is 3.16. The summed E-state index contributed by atoms with van der Waals surface area (Å²) in [6.45, 7) is 0.463. The van der Waals surface area contributed by atoms with E-state index in [0.29, 0.717) is 13.0 Å². The molecular formula is C24H23NO2. The van der Waals surface area contributed by atoms with Gasteiger partial charge in [0, 0.05) is 6.42 Å². The first-order chi connectivity index (χ1) is 13.3. The first-order valence-corrected chi connectivity index (χ1v) is 9.39. The number of rotatable bonds is 6. The summed E-state index contributed by atoms with van der Waals surface area (Å²) in [5.74, 6) is 0.105. The summed E-state index contributed by atoms with van der Waals surface area (Å²) in [5, 5.41) is 3.02. The molecule has 1 N–H and O–H groups in total. The van der Waals surface area contributed by atoms with Crippen molar-refractivity contribution in [1.29, 1.82) is 0 Å². The number of carbonyl (C=O) groups excluding carboxylic acids is 1. The summed E-state index contributed by atoms with van der Waals surface area (Å²) in [6.07, 6.45) is 1.39. The van der Waals surface area contributed by atoms with Gasteiger partial charge in [0.15, 0.2) is 0 Å². The van der Waals surface area contributed by atoms with Crippen LogP contribution in [0.2, 0.25) is 0 Å². The third-order valence-electron chi connectivity index (χ3n) is 5.13. The van der Waals surface area contributed by atoms with Gasteiger partial charge in [-0.2, -0.15) is 0 Å². The molecule has 1 aliphatic rings. The second-order valence-electron chi connectivity index (χ2n) is 6.89. The third kappa shape index (κ3) is 3.51. The van der Waals surface area contributed by atoms with E-state index < -0.39 is 5.60 Å². The van der Waals surface area contributed by atoms with E-state index in [9.17, 15) is 4.79 Å². The Morgan fingerprint density at radius 1 is 0.778 bits per heavy atom. The highest BCUT2D eigenvalue weighted by Gasteiger charge is 2.38. The normalized spacial score (nSPS) is 16.9. The van der Waals surface area contributed by atoms with E-state index in [2.05, 4.69) is 41.7 Å². The fourth-order valence-corrected chi connectivity index (χ4v) is 3.80. The molecule has 0 radical (unpaired) electrons. The molecular weight excluding hydrogens is 334 g/mol. The van der Waals surface area contributed by atoms with Crippen molar-refractivity contribution in [1.82, 2.24) is 5.32 Å². The predicted octanol–water partition coefficient (Wildman–Crippen LogP) is 4.27. The van der Waals surface area contributed by atoms with E-state index in [1.54, 1.807) is 0 Å². The van der Waals surface area contributed by atoms with Gasteiger partial charge >= 0.3 is 0 Å². The van der Waals surface area contributed by atoms with Crippen LogP contribution in [0.5, 0.6) is 0 Å². The number of hydrogen-bond acceptors (Lipinski definition) is 2. The number of hydrogen-bond donors (Lipinski definition) is 1. The van der Waals surface area contributed by atoms with Crippen LogP contribution in [0.25, 0.3) is 0 Å². The SMILES string of the molecule is O=C1CCC(COC(c2ccccc2)(c2ccccc2)c2ccccc2)N1. The lowest BCUT2D eigenvalue weighted by molar-refractivity contribution is -0.119. The minimum absolute atomic E-state index is 0.0491. The van der Waals surface area contributed by atoms with Crippen LogP contribution < -0.4 is 5.32 Å². The first-order valence-electron chi connectivity index (χ1n) is 9.39. The van der Waals surface area contributed by atoms with E-state index in [1.807, 2.05) is 54.6 Å². The molecule has 1 atom stereocenters. The second-order valence-corrected chi connectivity index (χ2v) is 6.89. The van der Waals surface area contributed by atoms with Gasteiger partial charge in [-0.3, -0.25) is 4.79 Å². The summed E-state index contributed by atoms with van der Waals surface area (Å²) < 4.78 is 6.71. The fraction of sp³-hybridized carbons (Fsp3) is 0.208. The Kier molecular flexibility index (Phi) is 5.03. The van der Waals surface area contributed by atoms with E-state index in [4.69, 9.17) is 4.74 Å². The van der Waals surface area contributed by atoms with Gasteiger partial charge in [-0.1, -0.05) is 91.0 Å². The van der Waals surface area contributed by atoms with E-state index in [-0.39, 0.29) is 11.9 Å². The molecule has 3 heteroatoms. The Morgan fingerprint density at radius 2 is 1.22 bits per heavy atom. The second kappa shape index (κ2) is 7.77. The van der Waals surface area contributed by atoms with Gasteiger partial charge in [0.05, 0.1) is 12.6 Å². The van der Waals surface area contributed by atoms with Crippen molar-refractivity contribution in [3.05, 3.63) is 108 Å². The number of nitrogens with one attached hydrogen (secondary N) is 1. The van der Waals surface area contributed by atoms with E-state index in [0.717, 1.165) is 23.1 Å². The molecule has 1 fully saturated rings. The van der Waals surface area contributed by atoms with Gasteiger partial charge < -0.3 is 10.1 Å². The van der Waals surface area contributed by atoms with Crippen LogP contribution in [0, 0.1) is 0 Å². The van der Waals surface area contributed by atoms with Crippen LogP contribution >= 0.6 is 0 Å². The Morgan fingerprint density at radius 3 is 1.59 bits per heavy atom. The lowest BCUT2D eigenvalue weighted by atomic mass is 9.80. The van der Waals surface area contributed by atoms with Crippen LogP contribution in [0.4, 0.5) is 0 Å². The van der Waals surface area contributed by atoms with E-state index >= 15 is 0 Å². The molecule has 1 saturated heterocycles. The van der Waals surface area contributed by atoms with Crippen LogP contribution in [-0.2, 0) is 15.1 Å². The summed E-state index contributed by atoms with van der Waals surface area (Å²) in [5.41, 5.74) is 2.50. The van der Waals surface area contributed by atoms with Crippen LogP contribution in [0.3, 0.4) is 0 Å². The summed E-state index contributed by atoms with van der Waals surface area (Å²) in [4.78, 5) is 11.6. The molecule has 27 heavy (non-hydrogen) atoms. The smallest absolute Gasteiger partial charge is 0.220 e. The largest absolute Gasteiger partial charge is 0.359 e. The zero-order valence-corrected chi connectivity index (χ0v) is 15.2. The summed E-state index contributed by atoms with van der Waals surface area (Å²) in [7, 11) is 0. The van der Waals surface area contributed by atoms with Crippen molar-refractivity contribution < 1.29 is 9.53 Å². The zero-order valence-electron chi connectivity index (χ0n) is 15.2. The van der Waals surface area contributed by atoms with Gasteiger partial charge in [-0.25, -0.2) is 0 Å². The van der Waals surface area contributed by atoms with Gasteiger partial charge in [-0.05, 0) is 23.1 Å². The fourth-order valence-electron chi connectivity index (χ4n) is 3.80. The average molecular weight is 357 g/mol. The molecule has 3 aromatic rings. The third-order valence-corrected chi connectivity index (χ3v) is 5.13. The minimum Gasteiger partial charge on any atom is -0.359 e. The Labute approximate surface area is 160 Å². The molecule has 0 aromatic heterocycles. The number of carbonyl (C=O) groups is 1. The molecule has 4 rings (SSSR count). The maximum atomic E-state index is 11.6. The van der Waals surface area contributed by atoms with Crippen LogP contribution in [0.15, 0.2) is 91.0 Å². The molecule has 0 aliphatic carbocycles. The van der Waals surface area contributed by atoms with Crippen molar-refractivity contribution >= 4 is 5.91 Å². The summed E-state index contributed by atoms with van der Waals surface area (Å²) >= 11 is 0. The minimum atomic E-state index is -0.725. The molecule has 0 bridgehead atoms. The Hall–Kier alpha value is -2.91. The number of amides is 1. The monoisotopic (exact) mass is 357 g/mol. The van der Waals surface area contributed by atoms with Crippen molar-refractivity contribution in [2.45, 2.75) is 24.5 Å². The van der Waals surface area contributed by atoms with Crippen molar-refractivity contribution in [3.63, 3.8) is 0 Å². The maximum Gasteiger partial charge on any atom is 0.220 e. The maximum absolute atomic E-state index is 11.6. The number of benzene rings is 3. The first kappa shape index (κ1) is 17.5. The highest BCUT2D eigenvalue weighted by Crippen LogP contribution is 2.40. The molecule has 0 spiro atoms. The molecule has 3 aromatic carbocycles. The van der Waals surface area contributed by atoms with Crippen molar-refractivity contribution in [2.75, 3.05) is 6.61 Å². The van der Waals surface area contributed by atoms with Crippen LogP contribution in [-0.4, -0.2) is 18.6 Å².